The molecule has 0 aliphatic rings. The van der Waals surface area contributed by atoms with E-state index in [0.29, 0.717) is 18.3 Å². The number of nitrogens with one attached hydrogen (secondary N) is 1. The summed E-state index contributed by atoms with van der Waals surface area (Å²) in [6.07, 6.45) is 8.87. The molecule has 0 radical (unpaired) electrons. The number of thiophene rings is 1. The molecule has 0 atom stereocenters. The van der Waals surface area contributed by atoms with Gasteiger partial charge >= 0.3 is 5.97 Å². The van der Waals surface area contributed by atoms with Gasteiger partial charge in [0.25, 0.3) is 0 Å². The number of benzene rings is 2. The van der Waals surface area contributed by atoms with Crippen LogP contribution >= 0.6 is 22.7 Å². The third-order valence-electron chi connectivity index (χ3n) is 6.13. The lowest BCUT2D eigenvalue weighted by Gasteiger charge is -2.06. The third kappa shape index (κ3) is 10.5. The molecule has 9 nitrogen and oxygen atoms in total. The third-order valence-corrected chi connectivity index (χ3v) is 8.06. The van der Waals surface area contributed by atoms with Crippen LogP contribution < -0.4 is 10.1 Å². The van der Waals surface area contributed by atoms with Gasteiger partial charge in [-0.3, -0.25) is 0 Å². The number of esters is 1. The van der Waals surface area contributed by atoms with Crippen LogP contribution in [0.4, 0.5) is 27.2 Å². The second-order valence-corrected chi connectivity index (χ2v) is 11.4. The van der Waals surface area contributed by atoms with Crippen LogP contribution in [0, 0.1) is 0 Å². The minimum Gasteiger partial charge on any atom is -0.494 e. The zero-order valence-corrected chi connectivity index (χ0v) is 25.5. The van der Waals surface area contributed by atoms with Gasteiger partial charge in [-0.1, -0.05) is 61.4 Å². The number of hydrogen-bond acceptors (Lipinski definition) is 11. The molecule has 0 saturated heterocycles. The fourth-order valence-corrected chi connectivity index (χ4v) is 5.83. The Bertz CT molecular complexity index is 1430. The van der Waals surface area contributed by atoms with E-state index in [1.165, 1.54) is 41.6 Å². The SMILES string of the molecule is C=CC(=O)OCCCCCCCCCOc1ccc(/N=N/c2cc3sc(/N=N/c4ccc(NCC)cc4)nc3s2)cc1. The van der Waals surface area contributed by atoms with E-state index in [1.807, 2.05) is 54.6 Å². The molecule has 0 spiro atoms. The van der Waals surface area contributed by atoms with E-state index in [4.69, 9.17) is 9.47 Å². The van der Waals surface area contributed by atoms with Crippen LogP contribution in [-0.4, -0.2) is 30.7 Å². The molecular formula is C31H36N6O3S2. The number of thiazole rings is 1. The van der Waals surface area contributed by atoms with Crippen LogP contribution in [0.2, 0.25) is 0 Å². The second kappa shape index (κ2) is 17.1. The highest BCUT2D eigenvalue weighted by Gasteiger charge is 2.08. The minimum absolute atomic E-state index is 0.345. The summed E-state index contributed by atoms with van der Waals surface area (Å²) in [5.41, 5.74) is 2.61. The number of aromatic nitrogens is 1. The molecule has 4 rings (SSSR count). The molecule has 0 fully saturated rings. The lowest BCUT2D eigenvalue weighted by molar-refractivity contribution is -0.137. The van der Waals surface area contributed by atoms with Crippen LogP contribution in [0.15, 0.2) is 87.7 Å². The smallest absolute Gasteiger partial charge is 0.330 e. The summed E-state index contributed by atoms with van der Waals surface area (Å²) in [7, 11) is 0. The number of carbonyl (C=O) groups excluding carboxylic acids is 1. The lowest BCUT2D eigenvalue weighted by Crippen LogP contribution is -2.01. The van der Waals surface area contributed by atoms with Crippen LogP contribution in [0.1, 0.15) is 51.9 Å². The maximum Gasteiger partial charge on any atom is 0.330 e. The highest BCUT2D eigenvalue weighted by molar-refractivity contribution is 7.30. The average molecular weight is 605 g/mol. The van der Waals surface area contributed by atoms with Gasteiger partial charge in [-0.05, 0) is 74.4 Å². The topological polar surface area (TPSA) is 110 Å². The summed E-state index contributed by atoms with van der Waals surface area (Å²) >= 11 is 2.96. The number of rotatable bonds is 18. The van der Waals surface area contributed by atoms with E-state index in [-0.39, 0.29) is 5.97 Å². The van der Waals surface area contributed by atoms with Gasteiger partial charge in [0, 0.05) is 18.3 Å². The molecule has 0 bridgehead atoms. The first kappa shape index (κ1) is 31.0. The van der Waals surface area contributed by atoms with Crippen molar-refractivity contribution >= 4 is 65.4 Å². The summed E-state index contributed by atoms with van der Waals surface area (Å²) in [5.74, 6) is 0.488. The Kier molecular flexibility index (Phi) is 12.6. The Morgan fingerprint density at radius 1 is 0.857 bits per heavy atom. The lowest BCUT2D eigenvalue weighted by atomic mass is 10.1. The zero-order valence-electron chi connectivity index (χ0n) is 23.8. The largest absolute Gasteiger partial charge is 0.494 e. The molecule has 42 heavy (non-hydrogen) atoms. The normalized spacial score (nSPS) is 11.5. The van der Waals surface area contributed by atoms with Gasteiger partial charge in [0.05, 0.1) is 29.3 Å². The van der Waals surface area contributed by atoms with Crippen molar-refractivity contribution < 1.29 is 14.3 Å². The van der Waals surface area contributed by atoms with Crippen LogP contribution in [0.25, 0.3) is 9.53 Å². The monoisotopic (exact) mass is 604 g/mol. The Hall–Kier alpha value is -3.96. The van der Waals surface area contributed by atoms with Gasteiger partial charge in [0.2, 0.25) is 5.13 Å². The first-order chi connectivity index (χ1) is 20.6. The standard InChI is InChI=1S/C31H36N6O3S2/c1-3-29(38)40-21-11-9-7-5-6-8-10-20-39-26-18-16-25(17-19-26)34-36-28-22-27-30(42-28)33-31(41-27)37-35-24-14-12-23(13-15-24)32-4-2/h3,12-19,22,32H,1,4-11,20-21H2,2H3/b36-34+,37-35+. The van der Waals surface area contributed by atoms with Gasteiger partial charge in [-0.25, -0.2) is 9.78 Å². The van der Waals surface area contributed by atoms with Gasteiger partial charge in [-0.2, -0.15) is 0 Å². The average Bonchev–Trinajstić information content (AvgIpc) is 3.57. The van der Waals surface area contributed by atoms with Crippen molar-refractivity contribution in [1.29, 1.82) is 0 Å². The molecule has 220 valence electrons. The number of ether oxygens (including phenoxy) is 2. The fourth-order valence-electron chi connectivity index (χ4n) is 3.98. The van der Waals surface area contributed by atoms with Gasteiger partial charge < -0.3 is 14.8 Å². The maximum atomic E-state index is 11.0. The Balaban J connectivity index is 1.13. The first-order valence-electron chi connectivity index (χ1n) is 14.2. The molecule has 0 saturated carbocycles. The van der Waals surface area contributed by atoms with Crippen LogP contribution in [0.3, 0.4) is 0 Å². The molecule has 0 unspecified atom stereocenters. The quantitative estimate of drug-likeness (QED) is 0.0526. The van der Waals surface area contributed by atoms with Crippen molar-refractivity contribution in [3.05, 3.63) is 67.3 Å². The Labute approximate surface area is 254 Å². The molecule has 11 heteroatoms. The summed E-state index contributed by atoms with van der Waals surface area (Å²) < 4.78 is 11.9. The van der Waals surface area contributed by atoms with Crippen molar-refractivity contribution in [2.75, 3.05) is 25.1 Å². The molecule has 0 amide bonds. The zero-order chi connectivity index (χ0) is 29.4. The maximum absolute atomic E-state index is 11.0. The van der Waals surface area contributed by atoms with E-state index in [2.05, 4.69) is 44.3 Å². The Morgan fingerprint density at radius 2 is 1.50 bits per heavy atom. The first-order valence-corrected chi connectivity index (χ1v) is 15.9. The van der Waals surface area contributed by atoms with Crippen molar-refractivity contribution in [3.8, 4) is 5.75 Å². The van der Waals surface area contributed by atoms with Crippen molar-refractivity contribution in [2.24, 2.45) is 20.5 Å². The molecular weight excluding hydrogens is 569 g/mol. The molecule has 4 aromatic rings. The van der Waals surface area contributed by atoms with E-state index < -0.39 is 0 Å². The highest BCUT2D eigenvalue weighted by atomic mass is 32.1. The van der Waals surface area contributed by atoms with Crippen LogP contribution in [0.5, 0.6) is 5.75 Å². The van der Waals surface area contributed by atoms with Crippen LogP contribution in [-0.2, 0) is 9.53 Å². The molecule has 1 N–H and O–H groups in total. The summed E-state index contributed by atoms with van der Waals surface area (Å²) in [6, 6.07) is 17.5. The minimum atomic E-state index is -0.345. The molecule has 2 heterocycles. The van der Waals surface area contributed by atoms with Gasteiger partial charge in [0.15, 0.2) is 0 Å². The van der Waals surface area contributed by atoms with E-state index in [9.17, 15) is 4.79 Å². The Morgan fingerprint density at radius 3 is 2.17 bits per heavy atom. The number of azo groups is 2. The summed E-state index contributed by atoms with van der Waals surface area (Å²) in [4.78, 5) is 16.4. The number of unbranched alkanes of at least 4 members (excludes halogenated alkanes) is 6. The van der Waals surface area contributed by atoms with Crippen molar-refractivity contribution in [3.63, 3.8) is 0 Å². The van der Waals surface area contributed by atoms with Crippen molar-refractivity contribution in [1.82, 2.24) is 4.98 Å². The van der Waals surface area contributed by atoms with E-state index in [1.54, 1.807) is 0 Å². The number of fused-ring (bicyclic) bond motifs is 1. The summed E-state index contributed by atoms with van der Waals surface area (Å²) in [5, 5.41) is 22.0. The number of carbonyl (C=O) groups is 1. The van der Waals surface area contributed by atoms with Gasteiger partial charge in [-0.15, -0.1) is 20.5 Å². The predicted octanol–water partition coefficient (Wildman–Crippen LogP) is 10.5. The highest BCUT2D eigenvalue weighted by Crippen LogP contribution is 2.39. The predicted molar refractivity (Wildman–Crippen MR) is 172 cm³/mol. The molecule has 0 aliphatic carbocycles. The number of hydrogen-bond donors (Lipinski definition) is 1. The van der Waals surface area contributed by atoms with E-state index >= 15 is 0 Å². The number of nitrogens with zero attached hydrogens (tertiary/aromatic N) is 5. The van der Waals surface area contributed by atoms with Gasteiger partial charge in [0.1, 0.15) is 15.6 Å². The number of anilines is 1. The summed E-state index contributed by atoms with van der Waals surface area (Å²) in [6.45, 7) is 7.50. The molecule has 2 aromatic carbocycles. The fraction of sp³-hybridized carbons (Fsp3) is 0.355. The van der Waals surface area contributed by atoms with E-state index in [0.717, 1.165) is 76.0 Å². The molecule has 0 aliphatic heterocycles. The second-order valence-electron chi connectivity index (χ2n) is 9.42. The van der Waals surface area contributed by atoms with Crippen molar-refractivity contribution in [2.45, 2.75) is 51.9 Å². The molecule has 2 aromatic heterocycles.